The Hall–Kier alpha value is -1.13. The van der Waals surface area contributed by atoms with Gasteiger partial charge >= 0.3 is 0 Å². The van der Waals surface area contributed by atoms with Crippen LogP contribution in [0.1, 0.15) is 31.6 Å². The third kappa shape index (κ3) is 2.42. The highest BCUT2D eigenvalue weighted by Crippen LogP contribution is 2.38. The molecule has 1 aromatic heterocycles. The summed E-state index contributed by atoms with van der Waals surface area (Å²) in [5.74, 6) is 1.24. The van der Waals surface area contributed by atoms with Gasteiger partial charge < -0.3 is 9.30 Å². The Morgan fingerprint density at radius 1 is 1.45 bits per heavy atom. The SMILES string of the molecule is CCOC1CC(n2c(CCCl)nc3ccc(F)cc32)C1. The zero-order valence-electron chi connectivity index (χ0n) is 11.5. The maximum atomic E-state index is 13.5. The van der Waals surface area contributed by atoms with Gasteiger partial charge in [0.1, 0.15) is 11.6 Å². The van der Waals surface area contributed by atoms with Crippen molar-refractivity contribution in [2.45, 2.75) is 38.3 Å². The summed E-state index contributed by atoms with van der Waals surface area (Å²) < 4.78 is 21.3. The standard InChI is InChI=1S/C15H18ClFN2O/c1-2-20-12-8-11(9-12)19-14-7-10(17)3-4-13(14)18-15(19)5-6-16/h3-4,7,11-12H,2,5-6,8-9H2,1H3. The van der Waals surface area contributed by atoms with Crippen LogP contribution in [0.5, 0.6) is 0 Å². The van der Waals surface area contributed by atoms with E-state index in [1.165, 1.54) is 6.07 Å². The van der Waals surface area contributed by atoms with Crippen LogP contribution in [-0.4, -0.2) is 28.1 Å². The number of imidazole rings is 1. The van der Waals surface area contributed by atoms with Gasteiger partial charge in [-0.3, -0.25) is 0 Å². The minimum absolute atomic E-state index is 0.225. The number of alkyl halides is 1. The molecule has 1 aliphatic rings. The Kier molecular flexibility index (Phi) is 3.94. The molecule has 0 aliphatic heterocycles. The number of hydrogen-bond acceptors (Lipinski definition) is 2. The Morgan fingerprint density at radius 3 is 2.95 bits per heavy atom. The predicted octanol–water partition coefficient (Wildman–Crippen LogP) is 3.70. The third-order valence-electron chi connectivity index (χ3n) is 3.88. The number of rotatable bonds is 5. The first-order valence-electron chi connectivity index (χ1n) is 7.06. The second-order valence-electron chi connectivity index (χ2n) is 5.17. The van der Waals surface area contributed by atoms with Crippen molar-refractivity contribution in [3.05, 3.63) is 29.8 Å². The molecule has 0 radical (unpaired) electrons. The molecule has 1 aromatic carbocycles. The van der Waals surface area contributed by atoms with Crippen LogP contribution >= 0.6 is 11.6 Å². The van der Waals surface area contributed by atoms with Crippen LogP contribution in [0, 0.1) is 5.82 Å². The summed E-state index contributed by atoms with van der Waals surface area (Å²) in [4.78, 5) is 4.59. The summed E-state index contributed by atoms with van der Waals surface area (Å²) in [6.45, 7) is 2.75. The van der Waals surface area contributed by atoms with Gasteiger partial charge in [-0.25, -0.2) is 9.37 Å². The molecule has 1 heterocycles. The predicted molar refractivity (Wildman–Crippen MR) is 77.8 cm³/mol. The van der Waals surface area contributed by atoms with Crippen molar-refractivity contribution in [2.24, 2.45) is 0 Å². The van der Waals surface area contributed by atoms with E-state index in [0.717, 1.165) is 36.3 Å². The number of hydrogen-bond donors (Lipinski definition) is 0. The molecule has 1 aliphatic carbocycles. The number of ether oxygens (including phenoxy) is 1. The smallest absolute Gasteiger partial charge is 0.125 e. The highest BCUT2D eigenvalue weighted by molar-refractivity contribution is 6.17. The van der Waals surface area contributed by atoms with Gasteiger partial charge in [0.05, 0.1) is 17.1 Å². The molecule has 2 aromatic rings. The van der Waals surface area contributed by atoms with Crippen molar-refractivity contribution in [3.8, 4) is 0 Å². The topological polar surface area (TPSA) is 27.1 Å². The lowest BCUT2D eigenvalue weighted by molar-refractivity contribution is -0.0193. The molecule has 1 fully saturated rings. The molecule has 20 heavy (non-hydrogen) atoms. The molecular formula is C15H18ClFN2O. The third-order valence-corrected chi connectivity index (χ3v) is 4.07. The van der Waals surface area contributed by atoms with E-state index < -0.39 is 0 Å². The zero-order chi connectivity index (χ0) is 14.1. The molecule has 3 nitrogen and oxygen atoms in total. The van der Waals surface area contributed by atoms with Gasteiger partial charge in [0.25, 0.3) is 0 Å². The lowest BCUT2D eigenvalue weighted by Crippen LogP contribution is -2.34. The Labute approximate surface area is 122 Å². The van der Waals surface area contributed by atoms with Crippen LogP contribution in [0.3, 0.4) is 0 Å². The number of fused-ring (bicyclic) bond motifs is 1. The molecule has 0 amide bonds. The van der Waals surface area contributed by atoms with Crippen LogP contribution in [0.4, 0.5) is 4.39 Å². The van der Waals surface area contributed by atoms with Crippen molar-refractivity contribution in [1.29, 1.82) is 0 Å². The maximum Gasteiger partial charge on any atom is 0.125 e. The second kappa shape index (κ2) is 5.70. The van der Waals surface area contributed by atoms with Crippen molar-refractivity contribution in [1.82, 2.24) is 9.55 Å². The van der Waals surface area contributed by atoms with E-state index >= 15 is 0 Å². The molecule has 0 spiro atoms. The van der Waals surface area contributed by atoms with E-state index in [1.54, 1.807) is 12.1 Å². The zero-order valence-corrected chi connectivity index (χ0v) is 12.2. The van der Waals surface area contributed by atoms with Gasteiger partial charge in [-0.2, -0.15) is 0 Å². The molecular weight excluding hydrogens is 279 g/mol. The number of nitrogens with zero attached hydrogens (tertiary/aromatic N) is 2. The van der Waals surface area contributed by atoms with Crippen molar-refractivity contribution in [3.63, 3.8) is 0 Å². The molecule has 0 atom stereocenters. The highest BCUT2D eigenvalue weighted by Gasteiger charge is 2.33. The largest absolute Gasteiger partial charge is 0.378 e. The fourth-order valence-electron chi connectivity index (χ4n) is 2.90. The fraction of sp³-hybridized carbons (Fsp3) is 0.533. The first-order valence-corrected chi connectivity index (χ1v) is 7.60. The van der Waals surface area contributed by atoms with Gasteiger partial charge in [-0.05, 0) is 38.0 Å². The fourth-order valence-corrected chi connectivity index (χ4v) is 3.07. The number of benzene rings is 1. The lowest BCUT2D eigenvalue weighted by Gasteiger charge is -2.37. The van der Waals surface area contributed by atoms with Crippen LogP contribution in [-0.2, 0) is 11.2 Å². The summed E-state index contributed by atoms with van der Waals surface area (Å²) in [7, 11) is 0. The lowest BCUT2D eigenvalue weighted by atomic mass is 9.88. The molecule has 5 heteroatoms. The Morgan fingerprint density at radius 2 is 2.25 bits per heavy atom. The van der Waals surface area contributed by atoms with E-state index in [1.807, 2.05) is 6.92 Å². The normalized spacial score (nSPS) is 22.1. The first kappa shape index (κ1) is 13.8. The van der Waals surface area contributed by atoms with E-state index in [0.29, 0.717) is 24.4 Å². The maximum absolute atomic E-state index is 13.5. The molecule has 0 bridgehead atoms. The van der Waals surface area contributed by atoms with Gasteiger partial charge in [-0.15, -0.1) is 11.6 Å². The van der Waals surface area contributed by atoms with Gasteiger partial charge in [0, 0.05) is 24.9 Å². The average molecular weight is 297 g/mol. The van der Waals surface area contributed by atoms with Crippen LogP contribution in [0.15, 0.2) is 18.2 Å². The van der Waals surface area contributed by atoms with Crippen LogP contribution < -0.4 is 0 Å². The number of halogens is 2. The summed E-state index contributed by atoms with van der Waals surface area (Å²) >= 11 is 5.86. The summed E-state index contributed by atoms with van der Waals surface area (Å²) in [5.41, 5.74) is 1.71. The van der Waals surface area contributed by atoms with Gasteiger partial charge in [-0.1, -0.05) is 0 Å². The number of aromatic nitrogens is 2. The average Bonchev–Trinajstić information content (AvgIpc) is 2.71. The Balaban J connectivity index is 1.95. The van der Waals surface area contributed by atoms with E-state index in [-0.39, 0.29) is 5.82 Å². The van der Waals surface area contributed by atoms with Crippen molar-refractivity contribution < 1.29 is 9.13 Å². The first-order chi connectivity index (χ1) is 9.72. The van der Waals surface area contributed by atoms with Crippen LogP contribution in [0.2, 0.25) is 0 Å². The van der Waals surface area contributed by atoms with E-state index in [4.69, 9.17) is 16.3 Å². The number of aryl methyl sites for hydroxylation is 1. The molecule has 3 rings (SSSR count). The summed E-state index contributed by atoms with van der Waals surface area (Å²) in [6, 6.07) is 5.09. The van der Waals surface area contributed by atoms with Crippen LogP contribution in [0.25, 0.3) is 11.0 Å². The van der Waals surface area contributed by atoms with E-state index in [2.05, 4.69) is 9.55 Å². The Bertz CT molecular complexity index is 607. The minimum Gasteiger partial charge on any atom is -0.378 e. The summed E-state index contributed by atoms with van der Waals surface area (Å²) in [5, 5.41) is 0. The van der Waals surface area contributed by atoms with E-state index in [9.17, 15) is 4.39 Å². The molecule has 1 saturated carbocycles. The summed E-state index contributed by atoms with van der Waals surface area (Å²) in [6.07, 6.45) is 2.95. The van der Waals surface area contributed by atoms with Crippen molar-refractivity contribution >= 4 is 22.6 Å². The monoisotopic (exact) mass is 296 g/mol. The molecule has 0 N–H and O–H groups in total. The molecule has 108 valence electrons. The highest BCUT2D eigenvalue weighted by atomic mass is 35.5. The molecule has 0 unspecified atom stereocenters. The molecule has 0 saturated heterocycles. The van der Waals surface area contributed by atoms with Gasteiger partial charge in [0.2, 0.25) is 0 Å². The van der Waals surface area contributed by atoms with Gasteiger partial charge in [0.15, 0.2) is 0 Å². The second-order valence-corrected chi connectivity index (χ2v) is 5.55. The quantitative estimate of drug-likeness (QED) is 0.787. The minimum atomic E-state index is -0.225. The van der Waals surface area contributed by atoms with Crippen molar-refractivity contribution in [2.75, 3.05) is 12.5 Å².